The van der Waals surface area contributed by atoms with E-state index in [9.17, 15) is 13.2 Å². The molecule has 0 radical (unpaired) electrons. The predicted molar refractivity (Wildman–Crippen MR) is 113 cm³/mol. The molecule has 3 rings (SSSR count). The normalized spacial score (nSPS) is 16.5. The van der Waals surface area contributed by atoms with E-state index in [0.717, 1.165) is 18.8 Å². The first-order chi connectivity index (χ1) is 14.5. The first kappa shape index (κ1) is 22.5. The van der Waals surface area contributed by atoms with Gasteiger partial charge in [-0.1, -0.05) is 13.8 Å². The summed E-state index contributed by atoms with van der Waals surface area (Å²) < 4.78 is 37.6. The average molecular weight is 436 g/mol. The molecule has 1 N–H and O–H groups in total. The van der Waals surface area contributed by atoms with Gasteiger partial charge in [-0.05, 0) is 36.4 Å². The predicted octanol–water partition coefficient (Wildman–Crippen LogP) is 2.11. The average Bonchev–Trinajstić information content (AvgIpc) is 3.30. The Bertz CT molecular complexity index is 903. The molecule has 0 spiro atoms. The highest BCUT2D eigenvalue weighted by molar-refractivity contribution is 7.89. The third-order valence-electron chi connectivity index (χ3n) is 5.27. The van der Waals surface area contributed by atoms with Crippen molar-refractivity contribution in [2.75, 3.05) is 45.9 Å². The molecule has 1 aromatic carbocycles. The van der Waals surface area contributed by atoms with Crippen LogP contribution in [0.1, 0.15) is 36.0 Å². The molecule has 1 aliphatic rings. The van der Waals surface area contributed by atoms with Crippen molar-refractivity contribution >= 4 is 15.9 Å². The van der Waals surface area contributed by atoms with E-state index < -0.39 is 10.0 Å². The van der Waals surface area contributed by atoms with Gasteiger partial charge in [0.1, 0.15) is 5.76 Å². The van der Waals surface area contributed by atoms with Crippen LogP contribution in [-0.2, 0) is 14.8 Å². The van der Waals surface area contributed by atoms with Gasteiger partial charge in [-0.15, -0.1) is 0 Å². The van der Waals surface area contributed by atoms with Crippen molar-refractivity contribution in [2.24, 2.45) is 0 Å². The summed E-state index contributed by atoms with van der Waals surface area (Å²) >= 11 is 0. The van der Waals surface area contributed by atoms with Crippen LogP contribution in [0.3, 0.4) is 0 Å². The molecule has 1 unspecified atom stereocenters. The minimum absolute atomic E-state index is 0.0878. The van der Waals surface area contributed by atoms with Gasteiger partial charge in [0.2, 0.25) is 10.0 Å². The van der Waals surface area contributed by atoms with Crippen LogP contribution < -0.4 is 5.32 Å². The number of furan rings is 1. The van der Waals surface area contributed by atoms with E-state index >= 15 is 0 Å². The highest BCUT2D eigenvalue weighted by Gasteiger charge is 2.26. The van der Waals surface area contributed by atoms with Crippen LogP contribution in [0.15, 0.2) is 52.0 Å². The maximum atomic E-state index is 12.7. The van der Waals surface area contributed by atoms with Gasteiger partial charge >= 0.3 is 0 Å². The third-order valence-corrected chi connectivity index (χ3v) is 7.34. The van der Waals surface area contributed by atoms with Crippen LogP contribution >= 0.6 is 0 Å². The lowest BCUT2D eigenvalue weighted by molar-refractivity contribution is 0.0118. The second-order valence-corrected chi connectivity index (χ2v) is 8.94. The Kier molecular flexibility index (Phi) is 7.65. The van der Waals surface area contributed by atoms with E-state index in [-0.39, 0.29) is 16.8 Å². The number of rotatable bonds is 9. The van der Waals surface area contributed by atoms with E-state index in [1.807, 2.05) is 12.1 Å². The molecular weight excluding hydrogens is 406 g/mol. The zero-order valence-electron chi connectivity index (χ0n) is 17.4. The summed E-state index contributed by atoms with van der Waals surface area (Å²) in [5.41, 5.74) is 0.411. The smallest absolute Gasteiger partial charge is 0.251 e. The van der Waals surface area contributed by atoms with Gasteiger partial charge < -0.3 is 14.5 Å². The van der Waals surface area contributed by atoms with Gasteiger partial charge in [0.25, 0.3) is 5.91 Å². The molecule has 2 aromatic rings. The highest BCUT2D eigenvalue weighted by atomic mass is 32.2. The lowest BCUT2D eigenvalue weighted by atomic mass is 10.1. The van der Waals surface area contributed by atoms with Gasteiger partial charge in [0, 0.05) is 38.3 Å². The van der Waals surface area contributed by atoms with E-state index in [4.69, 9.17) is 9.15 Å². The van der Waals surface area contributed by atoms with Crippen LogP contribution in [0.4, 0.5) is 0 Å². The maximum Gasteiger partial charge on any atom is 0.251 e. The summed E-state index contributed by atoms with van der Waals surface area (Å²) in [4.78, 5) is 15.1. The number of amides is 1. The Labute approximate surface area is 177 Å². The van der Waals surface area contributed by atoms with E-state index in [1.165, 1.54) is 16.4 Å². The van der Waals surface area contributed by atoms with Crippen molar-refractivity contribution in [3.05, 3.63) is 54.0 Å². The molecule has 30 heavy (non-hydrogen) atoms. The molecule has 164 valence electrons. The molecular formula is C21H29N3O5S. The molecule has 8 nitrogen and oxygen atoms in total. The minimum atomic E-state index is -3.54. The van der Waals surface area contributed by atoms with Crippen molar-refractivity contribution in [1.82, 2.24) is 14.5 Å². The number of morpholine rings is 1. The van der Waals surface area contributed by atoms with Gasteiger partial charge in [-0.2, -0.15) is 4.31 Å². The Hall–Kier alpha value is -2.20. The maximum absolute atomic E-state index is 12.7. The summed E-state index contributed by atoms with van der Waals surface area (Å²) in [5.74, 6) is 0.532. The molecule has 1 amide bonds. The number of ether oxygens (including phenoxy) is 1. The van der Waals surface area contributed by atoms with Crippen LogP contribution in [0.25, 0.3) is 0 Å². The number of nitrogens with one attached hydrogen (secondary N) is 1. The van der Waals surface area contributed by atoms with Gasteiger partial charge in [0.05, 0.1) is 30.4 Å². The number of hydrogen-bond acceptors (Lipinski definition) is 6. The van der Waals surface area contributed by atoms with Gasteiger partial charge in [-0.25, -0.2) is 8.42 Å². The number of carbonyl (C=O) groups excluding carboxylic acids is 1. The Balaban J connectivity index is 1.67. The van der Waals surface area contributed by atoms with Crippen LogP contribution in [0.2, 0.25) is 0 Å². The Morgan fingerprint density at radius 3 is 2.37 bits per heavy atom. The zero-order chi connectivity index (χ0) is 21.6. The Morgan fingerprint density at radius 2 is 1.80 bits per heavy atom. The number of benzene rings is 1. The topological polar surface area (TPSA) is 92.1 Å². The van der Waals surface area contributed by atoms with Crippen LogP contribution in [0.5, 0.6) is 0 Å². The van der Waals surface area contributed by atoms with E-state index in [2.05, 4.69) is 10.2 Å². The SMILES string of the molecule is CCN(CC)S(=O)(=O)c1ccc(C(=O)NCC(c2ccco2)N2CCOCC2)cc1. The first-order valence-electron chi connectivity index (χ1n) is 10.2. The Morgan fingerprint density at radius 1 is 1.13 bits per heavy atom. The molecule has 0 bridgehead atoms. The van der Waals surface area contributed by atoms with Crippen molar-refractivity contribution in [2.45, 2.75) is 24.8 Å². The van der Waals surface area contributed by atoms with Gasteiger partial charge in [0.15, 0.2) is 0 Å². The second-order valence-electron chi connectivity index (χ2n) is 7.00. The summed E-state index contributed by atoms with van der Waals surface area (Å²) in [7, 11) is -3.54. The summed E-state index contributed by atoms with van der Waals surface area (Å²) in [6.45, 7) is 7.60. The molecule has 2 heterocycles. The van der Waals surface area contributed by atoms with E-state index in [1.54, 1.807) is 32.2 Å². The van der Waals surface area contributed by atoms with Crippen molar-refractivity contribution in [3.8, 4) is 0 Å². The van der Waals surface area contributed by atoms with Crippen LogP contribution in [-0.4, -0.2) is 69.5 Å². The molecule has 9 heteroatoms. The molecule has 1 atom stereocenters. The molecule has 0 aliphatic carbocycles. The molecule has 1 saturated heterocycles. The molecule has 1 aliphatic heterocycles. The first-order valence-corrected chi connectivity index (χ1v) is 11.6. The fourth-order valence-corrected chi connectivity index (χ4v) is 5.02. The fraction of sp³-hybridized carbons (Fsp3) is 0.476. The molecule has 0 saturated carbocycles. The van der Waals surface area contributed by atoms with E-state index in [0.29, 0.717) is 38.4 Å². The van der Waals surface area contributed by atoms with Crippen molar-refractivity contribution < 1.29 is 22.4 Å². The van der Waals surface area contributed by atoms with Crippen molar-refractivity contribution in [3.63, 3.8) is 0 Å². The summed E-state index contributed by atoms with van der Waals surface area (Å²) in [5, 5.41) is 2.95. The summed E-state index contributed by atoms with van der Waals surface area (Å²) in [6, 6.07) is 9.70. The number of nitrogens with zero attached hydrogens (tertiary/aromatic N) is 2. The molecule has 1 fully saturated rings. The standard InChI is InChI=1S/C21H29N3O5S/c1-3-24(4-2)30(26,27)18-9-7-17(8-10-18)21(25)22-16-19(20-6-5-13-29-20)23-11-14-28-15-12-23/h5-10,13,19H,3-4,11-12,14-16H2,1-2H3,(H,22,25). The monoisotopic (exact) mass is 435 g/mol. The zero-order valence-corrected chi connectivity index (χ0v) is 18.2. The highest BCUT2D eigenvalue weighted by Crippen LogP contribution is 2.22. The third kappa shape index (κ3) is 5.10. The quantitative estimate of drug-likeness (QED) is 0.649. The largest absolute Gasteiger partial charge is 0.468 e. The number of sulfonamides is 1. The lowest BCUT2D eigenvalue weighted by Gasteiger charge is -2.33. The number of hydrogen-bond donors (Lipinski definition) is 1. The molecule has 1 aromatic heterocycles. The minimum Gasteiger partial charge on any atom is -0.468 e. The van der Waals surface area contributed by atoms with Crippen molar-refractivity contribution in [1.29, 1.82) is 0 Å². The number of carbonyl (C=O) groups is 1. The fourth-order valence-electron chi connectivity index (χ4n) is 3.56. The van der Waals surface area contributed by atoms with Crippen LogP contribution in [0, 0.1) is 0 Å². The lowest BCUT2D eigenvalue weighted by Crippen LogP contribution is -2.43. The van der Waals surface area contributed by atoms with Gasteiger partial charge in [-0.3, -0.25) is 9.69 Å². The summed E-state index contributed by atoms with van der Waals surface area (Å²) in [6.07, 6.45) is 1.62. The second kappa shape index (κ2) is 10.2.